The molecule has 0 saturated carbocycles. The number of hydrogen-bond acceptors (Lipinski definition) is 3. The van der Waals surface area contributed by atoms with Crippen LogP contribution in [0.3, 0.4) is 0 Å². The second-order valence-electron chi connectivity index (χ2n) is 5.06. The highest BCUT2D eigenvalue weighted by molar-refractivity contribution is 7.99. The Morgan fingerprint density at radius 2 is 1.95 bits per heavy atom. The molecule has 1 heterocycles. The Bertz CT molecular complexity index is 543. The normalized spacial score (nSPS) is 11.0. The highest BCUT2D eigenvalue weighted by Crippen LogP contribution is 2.32. The molecule has 0 aliphatic rings. The van der Waals surface area contributed by atoms with Crippen LogP contribution < -0.4 is 5.32 Å². The maximum Gasteiger partial charge on any atom is 0.0417 e. The maximum atomic E-state index is 6.12. The van der Waals surface area contributed by atoms with Crippen molar-refractivity contribution in [3.8, 4) is 0 Å². The predicted octanol–water partition coefficient (Wildman–Crippen LogP) is 4.63. The first-order valence-electron chi connectivity index (χ1n) is 6.72. The number of aromatic nitrogens is 1. The van der Waals surface area contributed by atoms with Gasteiger partial charge in [-0.05, 0) is 42.3 Å². The van der Waals surface area contributed by atoms with Crippen molar-refractivity contribution in [3.63, 3.8) is 0 Å². The van der Waals surface area contributed by atoms with Gasteiger partial charge in [0.15, 0.2) is 0 Å². The van der Waals surface area contributed by atoms with Crippen LogP contribution in [0.2, 0.25) is 5.02 Å². The lowest BCUT2D eigenvalue weighted by Gasteiger charge is -2.12. The first-order chi connectivity index (χ1) is 9.65. The molecule has 2 nitrogen and oxygen atoms in total. The molecule has 0 spiro atoms. The Kier molecular flexibility index (Phi) is 5.89. The minimum Gasteiger partial charge on any atom is -0.312 e. The molecule has 0 unspecified atom stereocenters. The molecule has 106 valence electrons. The zero-order valence-electron chi connectivity index (χ0n) is 11.8. The van der Waals surface area contributed by atoms with Gasteiger partial charge < -0.3 is 5.32 Å². The van der Waals surface area contributed by atoms with Crippen molar-refractivity contribution < 1.29 is 0 Å². The van der Waals surface area contributed by atoms with E-state index in [9.17, 15) is 0 Å². The Balaban J connectivity index is 2.11. The zero-order chi connectivity index (χ0) is 14.4. The fourth-order valence-corrected chi connectivity index (χ4v) is 3.00. The lowest BCUT2D eigenvalue weighted by atomic mass is 10.2. The smallest absolute Gasteiger partial charge is 0.0417 e. The highest BCUT2D eigenvalue weighted by atomic mass is 35.5. The molecule has 1 N–H and O–H groups in total. The third kappa shape index (κ3) is 4.82. The summed E-state index contributed by atoms with van der Waals surface area (Å²) < 4.78 is 0. The van der Waals surface area contributed by atoms with Crippen LogP contribution in [-0.4, -0.2) is 11.5 Å². The standard InChI is InChI=1S/C16H19ClN2S/c1-12(2)10-19-11-13-3-4-14(17)9-16(13)20-15-5-7-18-8-6-15/h3-9,12,19H,10-11H2,1-2H3. The van der Waals surface area contributed by atoms with Crippen molar-refractivity contribution in [2.75, 3.05) is 6.54 Å². The van der Waals surface area contributed by atoms with Gasteiger partial charge in [-0.25, -0.2) is 0 Å². The van der Waals surface area contributed by atoms with Crippen LogP contribution in [0.4, 0.5) is 0 Å². The van der Waals surface area contributed by atoms with E-state index in [4.69, 9.17) is 11.6 Å². The van der Waals surface area contributed by atoms with Gasteiger partial charge in [-0.15, -0.1) is 0 Å². The molecule has 0 aliphatic carbocycles. The average molecular weight is 307 g/mol. The van der Waals surface area contributed by atoms with Gasteiger partial charge in [-0.3, -0.25) is 4.98 Å². The van der Waals surface area contributed by atoms with Gasteiger partial charge in [0.1, 0.15) is 0 Å². The van der Waals surface area contributed by atoms with Crippen molar-refractivity contribution in [2.24, 2.45) is 5.92 Å². The predicted molar refractivity (Wildman–Crippen MR) is 86.4 cm³/mol. The van der Waals surface area contributed by atoms with E-state index in [1.807, 2.05) is 36.7 Å². The van der Waals surface area contributed by atoms with E-state index in [-0.39, 0.29) is 0 Å². The van der Waals surface area contributed by atoms with E-state index in [0.29, 0.717) is 5.92 Å². The van der Waals surface area contributed by atoms with Crippen LogP contribution in [0.5, 0.6) is 0 Å². The van der Waals surface area contributed by atoms with Crippen molar-refractivity contribution in [1.29, 1.82) is 0 Å². The minimum absolute atomic E-state index is 0.651. The van der Waals surface area contributed by atoms with E-state index in [2.05, 4.69) is 30.2 Å². The lowest BCUT2D eigenvalue weighted by Crippen LogP contribution is -2.19. The summed E-state index contributed by atoms with van der Waals surface area (Å²) in [5, 5.41) is 4.25. The van der Waals surface area contributed by atoms with Crippen LogP contribution in [0.15, 0.2) is 52.5 Å². The third-order valence-electron chi connectivity index (χ3n) is 2.77. The van der Waals surface area contributed by atoms with Crippen LogP contribution in [0.1, 0.15) is 19.4 Å². The second-order valence-corrected chi connectivity index (χ2v) is 6.61. The number of pyridine rings is 1. The summed E-state index contributed by atoms with van der Waals surface area (Å²) in [5.41, 5.74) is 1.27. The zero-order valence-corrected chi connectivity index (χ0v) is 13.3. The van der Waals surface area contributed by atoms with Crippen LogP contribution in [0, 0.1) is 5.92 Å². The van der Waals surface area contributed by atoms with Gasteiger partial charge in [0.2, 0.25) is 0 Å². The topological polar surface area (TPSA) is 24.9 Å². The lowest BCUT2D eigenvalue weighted by molar-refractivity contribution is 0.550. The van der Waals surface area contributed by atoms with Crippen molar-refractivity contribution >= 4 is 23.4 Å². The summed E-state index contributed by atoms with van der Waals surface area (Å²) in [6, 6.07) is 10.1. The van der Waals surface area contributed by atoms with E-state index in [0.717, 1.165) is 18.1 Å². The molecule has 4 heteroatoms. The third-order valence-corrected chi connectivity index (χ3v) is 4.12. The molecule has 0 bridgehead atoms. The SMILES string of the molecule is CC(C)CNCc1ccc(Cl)cc1Sc1ccncc1. The fourth-order valence-electron chi connectivity index (χ4n) is 1.80. The monoisotopic (exact) mass is 306 g/mol. The molecule has 2 rings (SSSR count). The molecule has 1 aromatic carbocycles. The van der Waals surface area contributed by atoms with Gasteiger partial charge in [-0.1, -0.05) is 43.3 Å². The van der Waals surface area contributed by atoms with Crippen LogP contribution in [0.25, 0.3) is 0 Å². The molecule has 0 aliphatic heterocycles. The highest BCUT2D eigenvalue weighted by Gasteiger charge is 2.06. The molecule has 0 radical (unpaired) electrons. The maximum absolute atomic E-state index is 6.12. The van der Waals surface area contributed by atoms with Gasteiger partial charge >= 0.3 is 0 Å². The second kappa shape index (κ2) is 7.67. The average Bonchev–Trinajstić information content (AvgIpc) is 2.42. The Morgan fingerprint density at radius 3 is 2.65 bits per heavy atom. The van der Waals surface area contributed by atoms with Gasteiger partial charge in [0.25, 0.3) is 0 Å². The number of rotatable bonds is 6. The van der Waals surface area contributed by atoms with Crippen LogP contribution in [-0.2, 0) is 6.54 Å². The molecule has 0 amide bonds. The number of nitrogens with one attached hydrogen (secondary N) is 1. The summed E-state index contributed by atoms with van der Waals surface area (Å²) >= 11 is 7.84. The summed E-state index contributed by atoms with van der Waals surface area (Å²) in [6.45, 7) is 6.30. The summed E-state index contributed by atoms with van der Waals surface area (Å²) in [4.78, 5) is 6.41. The molecule has 2 aromatic rings. The van der Waals surface area contributed by atoms with E-state index >= 15 is 0 Å². The van der Waals surface area contributed by atoms with Crippen molar-refractivity contribution in [1.82, 2.24) is 10.3 Å². The first-order valence-corrected chi connectivity index (χ1v) is 7.91. The summed E-state index contributed by atoms with van der Waals surface area (Å²) in [6.07, 6.45) is 3.62. The Morgan fingerprint density at radius 1 is 1.20 bits per heavy atom. The summed E-state index contributed by atoms with van der Waals surface area (Å²) in [7, 11) is 0. The largest absolute Gasteiger partial charge is 0.312 e. The van der Waals surface area contributed by atoms with Crippen molar-refractivity contribution in [2.45, 2.75) is 30.2 Å². The molecule has 0 saturated heterocycles. The van der Waals surface area contributed by atoms with Gasteiger partial charge in [0.05, 0.1) is 0 Å². The quantitative estimate of drug-likeness (QED) is 0.842. The van der Waals surface area contributed by atoms with E-state index in [1.165, 1.54) is 15.4 Å². The molecular formula is C16H19ClN2S. The number of nitrogens with zero attached hydrogens (tertiary/aromatic N) is 1. The molecule has 20 heavy (non-hydrogen) atoms. The minimum atomic E-state index is 0.651. The molecule has 1 aromatic heterocycles. The fraction of sp³-hybridized carbons (Fsp3) is 0.312. The van der Waals surface area contributed by atoms with E-state index < -0.39 is 0 Å². The van der Waals surface area contributed by atoms with Gasteiger partial charge in [0, 0.05) is 33.8 Å². The first kappa shape index (κ1) is 15.4. The number of halogens is 1. The summed E-state index contributed by atoms with van der Waals surface area (Å²) in [5.74, 6) is 0.651. The van der Waals surface area contributed by atoms with Crippen molar-refractivity contribution in [3.05, 3.63) is 53.3 Å². The van der Waals surface area contributed by atoms with E-state index in [1.54, 1.807) is 11.8 Å². The molecule has 0 atom stereocenters. The Labute approximate surface area is 130 Å². The number of benzene rings is 1. The van der Waals surface area contributed by atoms with Gasteiger partial charge in [-0.2, -0.15) is 0 Å². The van der Waals surface area contributed by atoms with Crippen LogP contribution >= 0.6 is 23.4 Å². The Hall–Kier alpha value is -1.03. The molecule has 0 fully saturated rings. The molecular weight excluding hydrogens is 288 g/mol. The number of hydrogen-bond donors (Lipinski definition) is 1.